The minimum Gasteiger partial charge on any atom is -0.374 e. The summed E-state index contributed by atoms with van der Waals surface area (Å²) in [5.41, 5.74) is 0.880. The molecule has 4 atom stereocenters. The van der Waals surface area contributed by atoms with Gasteiger partial charge in [0.2, 0.25) is 11.9 Å². The zero-order valence-electron chi connectivity index (χ0n) is 16.0. The summed E-state index contributed by atoms with van der Waals surface area (Å²) in [6, 6.07) is 10.6. The van der Waals surface area contributed by atoms with Crippen molar-refractivity contribution in [2.45, 2.75) is 44.2 Å². The molecule has 0 saturated carbocycles. The van der Waals surface area contributed by atoms with E-state index in [1.54, 1.807) is 31.2 Å². The summed E-state index contributed by atoms with van der Waals surface area (Å²) in [6.07, 6.45) is -1.20. The number of hydrogen-bond acceptors (Lipinski definition) is 4. The summed E-state index contributed by atoms with van der Waals surface area (Å²) < 4.78 is 23.7. The molecule has 4 rings (SSSR count). The van der Waals surface area contributed by atoms with Crippen LogP contribution in [-0.2, 0) is 32.2 Å². The monoisotopic (exact) mass is 486 g/mol. The van der Waals surface area contributed by atoms with E-state index in [1.165, 1.54) is 0 Å². The fourth-order valence-corrected chi connectivity index (χ4v) is 4.36. The van der Waals surface area contributed by atoms with Crippen molar-refractivity contribution in [2.24, 2.45) is 0 Å². The Kier molecular flexibility index (Phi) is 6.84. The van der Waals surface area contributed by atoms with Crippen molar-refractivity contribution in [1.82, 2.24) is 0 Å². The molecule has 0 bridgehead atoms. The molecule has 2 aliphatic rings. The molecule has 1 unspecified atom stereocenters. The molecule has 30 heavy (non-hydrogen) atoms. The molecule has 2 aromatic rings. The summed E-state index contributed by atoms with van der Waals surface area (Å²) in [5, 5.41) is 2.24. The molecule has 0 aliphatic carbocycles. The Morgan fingerprint density at radius 3 is 2.20 bits per heavy atom. The van der Waals surface area contributed by atoms with E-state index in [9.17, 15) is 0 Å². The van der Waals surface area contributed by atoms with Crippen molar-refractivity contribution in [1.29, 1.82) is 0 Å². The smallest absolute Gasteiger partial charge is 0.210 e. The number of rotatable bonds is 7. The van der Waals surface area contributed by atoms with Crippen LogP contribution in [0.3, 0.4) is 0 Å². The van der Waals surface area contributed by atoms with Crippen LogP contribution in [0.5, 0.6) is 0 Å². The molecular weight excluding hydrogens is 470 g/mol. The molecule has 158 valence electrons. The van der Waals surface area contributed by atoms with E-state index in [2.05, 4.69) is 11.8 Å². The van der Waals surface area contributed by atoms with E-state index in [0.29, 0.717) is 33.3 Å². The molecule has 0 aromatic heterocycles. The van der Waals surface area contributed by atoms with Gasteiger partial charge >= 0.3 is 0 Å². The SMILES string of the molecule is CC#C[C@]12O[C@H]1OC(COCc1ccc(Cl)cc1Cl)[C@H]2OCc1ccc(Cl)cc1Cl. The van der Waals surface area contributed by atoms with Crippen LogP contribution in [0.1, 0.15) is 18.1 Å². The second kappa shape index (κ2) is 9.24. The van der Waals surface area contributed by atoms with Gasteiger partial charge in [-0.25, -0.2) is 0 Å². The Hall–Kier alpha value is -1.000. The average Bonchev–Trinajstić information content (AvgIpc) is 3.30. The standard InChI is InChI=1S/C22H18Cl4O4/c1-2-7-22-20(28-11-14-4-6-16(24)9-18(14)26)19(29-21(22)30-22)12-27-10-13-3-5-15(23)8-17(13)25/h3-6,8-9,19-21H,10-12H2,1H3/t19?,20-,21-,22-/m1/s1. The third-order valence-corrected chi connectivity index (χ3v) is 6.14. The van der Waals surface area contributed by atoms with E-state index in [1.807, 2.05) is 12.1 Å². The van der Waals surface area contributed by atoms with Gasteiger partial charge in [-0.05, 0) is 42.3 Å². The molecule has 8 heteroatoms. The summed E-state index contributed by atoms with van der Waals surface area (Å²) in [7, 11) is 0. The first kappa shape index (κ1) is 22.2. The highest BCUT2D eigenvalue weighted by molar-refractivity contribution is 6.35. The lowest BCUT2D eigenvalue weighted by atomic mass is 10.0. The first-order valence-corrected chi connectivity index (χ1v) is 10.8. The Labute approximate surface area is 195 Å². The molecular formula is C22H18Cl4O4. The fraction of sp³-hybridized carbons (Fsp3) is 0.364. The van der Waals surface area contributed by atoms with Gasteiger partial charge in [-0.15, -0.1) is 5.92 Å². The Morgan fingerprint density at radius 2 is 1.60 bits per heavy atom. The molecule has 0 spiro atoms. The number of hydrogen-bond donors (Lipinski definition) is 0. The molecule has 2 aliphatic heterocycles. The molecule has 2 aromatic carbocycles. The number of fused-ring (bicyclic) bond motifs is 1. The predicted octanol–water partition coefficient (Wildman–Crippen LogP) is 5.92. The Bertz CT molecular complexity index is 1000. The van der Waals surface area contributed by atoms with Gasteiger partial charge in [0.15, 0.2) is 0 Å². The lowest BCUT2D eigenvalue weighted by Crippen LogP contribution is -2.40. The number of benzene rings is 2. The molecule has 4 nitrogen and oxygen atoms in total. The summed E-state index contributed by atoms with van der Waals surface area (Å²) in [4.78, 5) is 0. The van der Waals surface area contributed by atoms with Crippen molar-refractivity contribution in [2.75, 3.05) is 6.61 Å². The summed E-state index contributed by atoms with van der Waals surface area (Å²) in [6.45, 7) is 2.65. The van der Waals surface area contributed by atoms with Crippen molar-refractivity contribution in [3.63, 3.8) is 0 Å². The molecule has 0 radical (unpaired) electrons. The number of halogens is 4. The van der Waals surface area contributed by atoms with E-state index >= 15 is 0 Å². The van der Waals surface area contributed by atoms with Gasteiger partial charge in [-0.2, -0.15) is 0 Å². The van der Waals surface area contributed by atoms with Gasteiger partial charge in [0.05, 0.1) is 19.8 Å². The highest BCUT2D eigenvalue weighted by atomic mass is 35.5. The van der Waals surface area contributed by atoms with Gasteiger partial charge in [-0.3, -0.25) is 0 Å². The largest absolute Gasteiger partial charge is 0.374 e. The van der Waals surface area contributed by atoms with Gasteiger partial charge in [0.1, 0.15) is 12.2 Å². The van der Waals surface area contributed by atoms with Crippen LogP contribution in [0.4, 0.5) is 0 Å². The Morgan fingerprint density at radius 1 is 0.967 bits per heavy atom. The topological polar surface area (TPSA) is 40.2 Å². The van der Waals surface area contributed by atoms with Crippen molar-refractivity contribution < 1.29 is 18.9 Å². The predicted molar refractivity (Wildman–Crippen MR) is 117 cm³/mol. The van der Waals surface area contributed by atoms with Crippen LogP contribution in [0, 0.1) is 11.8 Å². The van der Waals surface area contributed by atoms with Gasteiger partial charge in [-0.1, -0.05) is 64.5 Å². The zero-order chi connectivity index (χ0) is 21.3. The number of epoxide rings is 1. The molecule has 0 amide bonds. The van der Waals surface area contributed by atoms with Gasteiger partial charge < -0.3 is 18.9 Å². The maximum absolute atomic E-state index is 6.27. The molecule has 2 heterocycles. The van der Waals surface area contributed by atoms with Crippen LogP contribution < -0.4 is 0 Å². The van der Waals surface area contributed by atoms with E-state index in [0.717, 1.165) is 11.1 Å². The fourth-order valence-electron chi connectivity index (χ4n) is 3.43. The molecule has 2 saturated heterocycles. The van der Waals surface area contributed by atoms with E-state index in [4.69, 9.17) is 65.4 Å². The maximum Gasteiger partial charge on any atom is 0.210 e. The quantitative estimate of drug-likeness (QED) is 0.359. The van der Waals surface area contributed by atoms with Gasteiger partial charge in [0, 0.05) is 20.1 Å². The minimum absolute atomic E-state index is 0.271. The normalized spacial score (nSPS) is 26.8. The molecule has 0 N–H and O–H groups in total. The highest BCUT2D eigenvalue weighted by Gasteiger charge is 2.71. The highest BCUT2D eigenvalue weighted by Crippen LogP contribution is 2.50. The first-order chi connectivity index (χ1) is 14.4. The second-order valence-corrected chi connectivity index (χ2v) is 8.70. The third kappa shape index (κ3) is 4.60. The van der Waals surface area contributed by atoms with Crippen LogP contribution >= 0.6 is 46.4 Å². The van der Waals surface area contributed by atoms with E-state index in [-0.39, 0.29) is 12.7 Å². The second-order valence-electron chi connectivity index (χ2n) is 7.01. The van der Waals surface area contributed by atoms with Gasteiger partial charge in [0.25, 0.3) is 0 Å². The van der Waals surface area contributed by atoms with Crippen LogP contribution in [0.25, 0.3) is 0 Å². The van der Waals surface area contributed by atoms with Crippen LogP contribution in [-0.4, -0.2) is 30.7 Å². The zero-order valence-corrected chi connectivity index (χ0v) is 19.0. The lowest BCUT2D eigenvalue weighted by molar-refractivity contribution is -0.130. The molecule has 2 fully saturated rings. The summed E-state index contributed by atoms with van der Waals surface area (Å²) >= 11 is 24.4. The number of ether oxygens (including phenoxy) is 4. The first-order valence-electron chi connectivity index (χ1n) is 9.27. The van der Waals surface area contributed by atoms with Crippen molar-refractivity contribution >= 4 is 46.4 Å². The minimum atomic E-state index is -0.778. The van der Waals surface area contributed by atoms with Crippen molar-refractivity contribution in [3.05, 3.63) is 67.6 Å². The van der Waals surface area contributed by atoms with Crippen LogP contribution in [0.2, 0.25) is 20.1 Å². The summed E-state index contributed by atoms with van der Waals surface area (Å²) in [5.74, 6) is 6.00. The average molecular weight is 488 g/mol. The Balaban J connectivity index is 1.42. The maximum atomic E-state index is 6.27. The van der Waals surface area contributed by atoms with Crippen molar-refractivity contribution in [3.8, 4) is 11.8 Å². The third-order valence-electron chi connectivity index (χ3n) is 4.96. The lowest BCUT2D eigenvalue weighted by Gasteiger charge is -2.24. The van der Waals surface area contributed by atoms with Crippen LogP contribution in [0.15, 0.2) is 36.4 Å². The van der Waals surface area contributed by atoms with E-state index < -0.39 is 18.0 Å².